The topological polar surface area (TPSA) is 110 Å². The van der Waals surface area contributed by atoms with Gasteiger partial charge in [-0.2, -0.15) is 0 Å². The van der Waals surface area contributed by atoms with Crippen LogP contribution in [0.2, 0.25) is 0 Å². The maximum Gasteiger partial charge on any atom is 0.243 e. The number of aryl methyl sites for hydroxylation is 1. The molecule has 3 heterocycles. The van der Waals surface area contributed by atoms with Crippen molar-refractivity contribution in [1.82, 2.24) is 20.7 Å². The molecule has 38 heavy (non-hydrogen) atoms. The van der Waals surface area contributed by atoms with Gasteiger partial charge in [-0.15, -0.1) is 16.8 Å². The van der Waals surface area contributed by atoms with Crippen molar-refractivity contribution in [3.05, 3.63) is 52.9 Å². The van der Waals surface area contributed by atoms with Crippen LogP contribution in [0.3, 0.4) is 0 Å². The molecule has 202 valence electrons. The van der Waals surface area contributed by atoms with Crippen LogP contribution in [0.15, 0.2) is 41.6 Å². The first-order valence-corrected chi connectivity index (χ1v) is 14.0. The molecule has 1 aromatic heterocycles. The smallest absolute Gasteiger partial charge is 0.243 e. The molecule has 3 atom stereocenters. The highest BCUT2D eigenvalue weighted by molar-refractivity contribution is 7.13. The second-order valence-electron chi connectivity index (χ2n) is 10.5. The lowest BCUT2D eigenvalue weighted by molar-refractivity contribution is -0.143. The molecule has 0 radical (unpaired) electrons. The molecular weight excluding hydrogens is 504 g/mol. The lowest BCUT2D eigenvalue weighted by atomic mass is 9.91. The molecule has 0 spiro atoms. The Kier molecular flexibility index (Phi) is 7.65. The van der Waals surface area contributed by atoms with E-state index in [-0.39, 0.29) is 29.9 Å². The average molecular weight is 539 g/mol. The van der Waals surface area contributed by atoms with Crippen molar-refractivity contribution < 1.29 is 24.0 Å². The second-order valence-corrected chi connectivity index (χ2v) is 11.4. The van der Waals surface area contributed by atoms with Crippen LogP contribution in [0.4, 0.5) is 0 Å². The van der Waals surface area contributed by atoms with E-state index in [0.717, 1.165) is 41.0 Å². The first-order valence-electron chi connectivity index (χ1n) is 13.2. The summed E-state index contributed by atoms with van der Waals surface area (Å²) in [5.41, 5.74) is 7.41. The number of hydrogen-bond acceptors (Lipinski definition) is 8. The van der Waals surface area contributed by atoms with Gasteiger partial charge in [0, 0.05) is 12.6 Å². The van der Waals surface area contributed by atoms with Gasteiger partial charge in [-0.1, -0.05) is 38.1 Å². The summed E-state index contributed by atoms with van der Waals surface area (Å²) in [6.45, 7) is 6.37. The Morgan fingerprint density at radius 2 is 2.08 bits per heavy atom. The van der Waals surface area contributed by atoms with Gasteiger partial charge >= 0.3 is 0 Å². The minimum Gasteiger partial charge on any atom is -0.410 e. The van der Waals surface area contributed by atoms with Crippen LogP contribution >= 0.6 is 11.3 Å². The van der Waals surface area contributed by atoms with E-state index in [2.05, 4.69) is 40.0 Å². The fraction of sp³-hybridized carbons (Fsp3) is 0.500. The number of thiazole rings is 1. The third-order valence-corrected chi connectivity index (χ3v) is 8.57. The van der Waals surface area contributed by atoms with Crippen LogP contribution in [0, 0.1) is 18.8 Å². The van der Waals surface area contributed by atoms with Crippen LogP contribution in [-0.2, 0) is 29.5 Å². The average Bonchev–Trinajstić information content (AvgIpc) is 3.27. The molecule has 2 aromatic rings. The largest absolute Gasteiger partial charge is 0.410 e. The van der Waals surface area contributed by atoms with E-state index in [4.69, 9.17) is 9.57 Å². The summed E-state index contributed by atoms with van der Waals surface area (Å²) in [5.74, 6) is -0.388. The van der Waals surface area contributed by atoms with E-state index in [9.17, 15) is 14.4 Å². The van der Waals surface area contributed by atoms with Gasteiger partial charge in [0.1, 0.15) is 30.6 Å². The van der Waals surface area contributed by atoms with Crippen LogP contribution in [0.1, 0.15) is 50.8 Å². The quantitative estimate of drug-likeness (QED) is 0.446. The number of aromatic nitrogens is 1. The summed E-state index contributed by atoms with van der Waals surface area (Å²) < 4.78 is 5.34. The van der Waals surface area contributed by atoms with Gasteiger partial charge in [0.05, 0.1) is 21.6 Å². The van der Waals surface area contributed by atoms with Crippen LogP contribution < -0.4 is 10.8 Å². The zero-order valence-corrected chi connectivity index (χ0v) is 22.8. The highest BCUT2D eigenvalue weighted by Gasteiger charge is 2.48. The molecule has 1 aliphatic carbocycles. The molecule has 1 saturated carbocycles. The molecule has 2 amide bonds. The Bertz CT molecular complexity index is 1220. The van der Waals surface area contributed by atoms with E-state index in [0.29, 0.717) is 25.0 Å². The van der Waals surface area contributed by atoms with Crippen molar-refractivity contribution in [3.63, 3.8) is 0 Å². The molecule has 3 aliphatic rings. The molecular formula is C28H34N4O5S. The van der Waals surface area contributed by atoms with Gasteiger partial charge in [-0.3, -0.25) is 9.59 Å². The number of carbonyl (C=O) groups excluding carboxylic acids is 3. The monoisotopic (exact) mass is 538 g/mol. The van der Waals surface area contributed by atoms with Gasteiger partial charge in [-0.05, 0) is 49.7 Å². The number of aldehydes is 1. The Hall–Kier alpha value is -3.08. The zero-order valence-electron chi connectivity index (χ0n) is 21.9. The number of amides is 2. The molecule has 2 fully saturated rings. The van der Waals surface area contributed by atoms with Crippen molar-refractivity contribution >= 4 is 29.4 Å². The van der Waals surface area contributed by atoms with Gasteiger partial charge in [-0.25, -0.2) is 4.98 Å². The maximum atomic E-state index is 13.7. The van der Waals surface area contributed by atoms with Crippen molar-refractivity contribution in [2.45, 2.75) is 64.3 Å². The predicted octanol–water partition coefficient (Wildman–Crippen LogP) is 3.45. The number of ether oxygens (including phenoxy) is 1. The minimum atomic E-state index is -0.594. The fourth-order valence-electron chi connectivity index (χ4n) is 5.40. The summed E-state index contributed by atoms with van der Waals surface area (Å²) in [6, 6.07) is 7.85. The summed E-state index contributed by atoms with van der Waals surface area (Å²) >= 11 is 1.62. The molecule has 5 rings (SSSR count). The second kappa shape index (κ2) is 11.0. The minimum absolute atomic E-state index is 0.0554. The van der Waals surface area contributed by atoms with Gasteiger partial charge in [0.25, 0.3) is 0 Å². The fourth-order valence-corrected chi connectivity index (χ4v) is 6.21. The molecule has 1 unspecified atom stereocenters. The molecule has 9 nitrogen and oxygen atoms in total. The lowest BCUT2D eigenvalue weighted by Crippen LogP contribution is -2.51. The molecule has 1 saturated heterocycles. The maximum absolute atomic E-state index is 13.7. The van der Waals surface area contributed by atoms with Gasteiger partial charge in [0.2, 0.25) is 11.8 Å². The first-order chi connectivity index (χ1) is 18.3. The van der Waals surface area contributed by atoms with Crippen molar-refractivity contribution in [1.29, 1.82) is 0 Å². The van der Waals surface area contributed by atoms with Gasteiger partial charge in [0.15, 0.2) is 6.23 Å². The summed E-state index contributed by atoms with van der Waals surface area (Å²) in [7, 11) is 0. The normalized spacial score (nSPS) is 22.6. The van der Waals surface area contributed by atoms with Gasteiger partial charge < -0.3 is 24.6 Å². The third kappa shape index (κ3) is 5.25. The number of rotatable bonds is 10. The molecule has 2 N–H and O–H groups in total. The third-order valence-electron chi connectivity index (χ3n) is 7.59. The summed E-state index contributed by atoms with van der Waals surface area (Å²) in [4.78, 5) is 50.7. The zero-order chi connectivity index (χ0) is 26.9. The van der Waals surface area contributed by atoms with E-state index in [1.807, 2.05) is 26.3 Å². The number of benzene rings is 1. The van der Waals surface area contributed by atoms with Crippen molar-refractivity contribution in [3.8, 4) is 10.4 Å². The highest BCUT2D eigenvalue weighted by atomic mass is 32.1. The number of likely N-dealkylation sites (tertiary alicyclic amines) is 1. The van der Waals surface area contributed by atoms with Crippen LogP contribution in [-0.4, -0.2) is 53.4 Å². The predicted molar refractivity (Wildman–Crippen MR) is 143 cm³/mol. The molecule has 0 bridgehead atoms. The van der Waals surface area contributed by atoms with E-state index in [1.165, 1.54) is 0 Å². The number of hydroxylamine groups is 1. The number of carbonyl (C=O) groups is 3. The standard InChI is InChI=1S/C28H34N4O5S/c1-17(2)24(22-15-23(31-37-22)36-14-13-33)27(35)32-12-4-5-21(32)26(34)30-28(10-11-28)20-8-6-19(7-9-20)25-18(3)29-16-38-25/h6-9,13,15-17,21,23-24,31H,4-5,10-12,14H2,1-3H3,(H,30,34)/t21-,23?,24+/m0/s1. The number of nitrogens with zero attached hydrogens (tertiary/aromatic N) is 2. The molecule has 10 heteroatoms. The molecule has 1 aromatic carbocycles. The Balaban J connectivity index is 1.27. The number of hydrogen-bond donors (Lipinski definition) is 2. The Morgan fingerprint density at radius 1 is 1.32 bits per heavy atom. The van der Waals surface area contributed by atoms with E-state index < -0.39 is 18.2 Å². The van der Waals surface area contributed by atoms with Crippen molar-refractivity contribution in [2.75, 3.05) is 13.2 Å². The summed E-state index contributed by atoms with van der Waals surface area (Å²) in [5, 5.41) is 3.29. The van der Waals surface area contributed by atoms with Crippen molar-refractivity contribution in [2.24, 2.45) is 11.8 Å². The Morgan fingerprint density at radius 3 is 2.71 bits per heavy atom. The number of nitrogens with one attached hydrogen (secondary N) is 2. The Labute approximate surface area is 226 Å². The van der Waals surface area contributed by atoms with E-state index in [1.54, 1.807) is 22.3 Å². The SMILES string of the molecule is Cc1ncsc1-c1ccc(C2(NC(=O)[C@@H]3CCCN3C(=O)[C@@H](C3=CC(OCC=O)NO3)C(C)C)CC2)cc1. The first kappa shape index (κ1) is 26.5. The molecule has 2 aliphatic heterocycles. The van der Waals surface area contributed by atoms with E-state index >= 15 is 0 Å². The summed E-state index contributed by atoms with van der Waals surface area (Å²) in [6.07, 6.45) is 4.91. The van der Waals surface area contributed by atoms with Crippen LogP contribution in [0.25, 0.3) is 10.4 Å². The highest BCUT2D eigenvalue weighted by Crippen LogP contribution is 2.46. The van der Waals surface area contributed by atoms with Crippen LogP contribution in [0.5, 0.6) is 0 Å². The lowest BCUT2D eigenvalue weighted by Gasteiger charge is -2.31.